The number of aromatic nitrogens is 2. The van der Waals surface area contributed by atoms with Crippen LogP contribution in [0.2, 0.25) is 0 Å². The highest BCUT2D eigenvalue weighted by Crippen LogP contribution is 2.20. The van der Waals surface area contributed by atoms with Crippen molar-refractivity contribution in [3.8, 4) is 5.69 Å². The van der Waals surface area contributed by atoms with Crippen molar-refractivity contribution in [2.45, 2.75) is 19.9 Å². The van der Waals surface area contributed by atoms with Crippen LogP contribution in [0.1, 0.15) is 23.0 Å². The van der Waals surface area contributed by atoms with Gasteiger partial charge in [-0.1, -0.05) is 22.0 Å². The van der Waals surface area contributed by atoms with Crippen LogP contribution in [0, 0.1) is 6.92 Å². The maximum Gasteiger partial charge on any atom is 0.257 e. The lowest BCUT2D eigenvalue weighted by Crippen LogP contribution is -2.52. The minimum Gasteiger partial charge on any atom is -0.333 e. The molecule has 3 rings (SSSR count). The van der Waals surface area contributed by atoms with Gasteiger partial charge >= 0.3 is 0 Å². The number of nitrogens with one attached hydrogen (secondary N) is 1. The number of piperazine rings is 1. The van der Waals surface area contributed by atoms with Crippen LogP contribution in [0.5, 0.6) is 0 Å². The van der Waals surface area contributed by atoms with Crippen molar-refractivity contribution in [1.82, 2.24) is 20.0 Å². The van der Waals surface area contributed by atoms with Crippen molar-refractivity contribution in [3.05, 3.63) is 46.2 Å². The molecule has 1 amide bonds. The van der Waals surface area contributed by atoms with Crippen LogP contribution in [0.4, 0.5) is 0 Å². The van der Waals surface area contributed by atoms with Gasteiger partial charge in [0.2, 0.25) is 0 Å². The van der Waals surface area contributed by atoms with E-state index in [0.717, 1.165) is 35.5 Å². The van der Waals surface area contributed by atoms with Gasteiger partial charge in [0.15, 0.2) is 0 Å². The minimum atomic E-state index is 0.0627. The monoisotopic (exact) mass is 362 g/mol. The summed E-state index contributed by atoms with van der Waals surface area (Å²) in [5.41, 5.74) is 2.49. The first-order valence-corrected chi connectivity index (χ1v) is 8.19. The molecule has 2 aromatic rings. The maximum absolute atomic E-state index is 12.8. The molecule has 1 fully saturated rings. The van der Waals surface area contributed by atoms with Crippen LogP contribution in [0.25, 0.3) is 5.69 Å². The molecule has 116 valence electrons. The Labute approximate surface area is 138 Å². The molecular weight excluding hydrogens is 344 g/mol. The number of carbonyl (C=O) groups is 1. The molecule has 1 atom stereocenters. The van der Waals surface area contributed by atoms with Crippen LogP contribution in [0.15, 0.2) is 34.9 Å². The van der Waals surface area contributed by atoms with Gasteiger partial charge in [0.1, 0.15) is 0 Å². The van der Waals surface area contributed by atoms with Gasteiger partial charge in [0.05, 0.1) is 23.1 Å². The Morgan fingerprint density at radius 2 is 2.27 bits per heavy atom. The fourth-order valence-corrected chi connectivity index (χ4v) is 3.17. The Morgan fingerprint density at radius 3 is 3.00 bits per heavy atom. The van der Waals surface area contributed by atoms with Gasteiger partial charge in [-0.2, -0.15) is 5.10 Å². The van der Waals surface area contributed by atoms with E-state index in [1.165, 1.54) is 0 Å². The molecule has 0 spiro atoms. The van der Waals surface area contributed by atoms with E-state index in [4.69, 9.17) is 0 Å². The van der Waals surface area contributed by atoms with E-state index in [2.05, 4.69) is 33.3 Å². The van der Waals surface area contributed by atoms with E-state index in [9.17, 15) is 4.79 Å². The lowest BCUT2D eigenvalue weighted by molar-refractivity contribution is 0.0655. The molecule has 22 heavy (non-hydrogen) atoms. The third kappa shape index (κ3) is 2.80. The largest absolute Gasteiger partial charge is 0.333 e. The summed E-state index contributed by atoms with van der Waals surface area (Å²) in [5, 5.41) is 7.70. The van der Waals surface area contributed by atoms with Gasteiger partial charge in [0.25, 0.3) is 5.91 Å². The molecular formula is C16H19BrN4O. The van der Waals surface area contributed by atoms with E-state index in [0.29, 0.717) is 5.56 Å². The molecule has 1 aromatic carbocycles. The van der Waals surface area contributed by atoms with Gasteiger partial charge in [0, 0.05) is 30.1 Å². The molecule has 0 unspecified atom stereocenters. The summed E-state index contributed by atoms with van der Waals surface area (Å²) in [6.45, 7) is 6.42. The molecule has 0 aliphatic carbocycles. The van der Waals surface area contributed by atoms with E-state index in [1.807, 2.05) is 40.8 Å². The van der Waals surface area contributed by atoms with Gasteiger partial charge in [-0.05, 0) is 32.0 Å². The summed E-state index contributed by atoms with van der Waals surface area (Å²) in [6, 6.07) is 8.10. The summed E-state index contributed by atoms with van der Waals surface area (Å²) in [7, 11) is 0. The number of amides is 1. The minimum absolute atomic E-state index is 0.0627. The number of carbonyl (C=O) groups excluding carboxylic acids is 1. The molecule has 5 nitrogen and oxygen atoms in total. The van der Waals surface area contributed by atoms with Crippen LogP contribution in [0.3, 0.4) is 0 Å². The number of benzene rings is 1. The van der Waals surface area contributed by atoms with Crippen LogP contribution in [-0.4, -0.2) is 46.3 Å². The lowest BCUT2D eigenvalue weighted by atomic mass is 10.1. The highest BCUT2D eigenvalue weighted by atomic mass is 79.9. The van der Waals surface area contributed by atoms with E-state index >= 15 is 0 Å². The molecule has 6 heteroatoms. The Balaban J connectivity index is 1.91. The van der Waals surface area contributed by atoms with Crippen molar-refractivity contribution < 1.29 is 4.79 Å². The van der Waals surface area contributed by atoms with E-state index in [1.54, 1.807) is 6.20 Å². The average molecular weight is 363 g/mol. The first-order valence-electron chi connectivity index (χ1n) is 7.40. The Hall–Kier alpha value is -1.66. The second-order valence-corrected chi connectivity index (χ2v) is 6.50. The topological polar surface area (TPSA) is 50.2 Å². The number of hydrogen-bond donors (Lipinski definition) is 1. The highest BCUT2D eigenvalue weighted by Gasteiger charge is 2.26. The fraction of sp³-hybridized carbons (Fsp3) is 0.375. The number of hydrogen-bond acceptors (Lipinski definition) is 3. The number of halogens is 1. The van der Waals surface area contributed by atoms with Crippen molar-refractivity contribution in [1.29, 1.82) is 0 Å². The summed E-state index contributed by atoms with van der Waals surface area (Å²) in [4.78, 5) is 14.7. The predicted octanol–water partition coefficient (Wildman–Crippen LogP) is 2.38. The van der Waals surface area contributed by atoms with Crippen molar-refractivity contribution in [3.63, 3.8) is 0 Å². The zero-order valence-corrected chi connectivity index (χ0v) is 14.3. The zero-order valence-electron chi connectivity index (χ0n) is 12.7. The SMILES string of the molecule is Cc1c(C(=O)N2CCNC[C@@H]2C)cnn1-c1cccc(Br)c1. The van der Waals surface area contributed by atoms with Gasteiger partial charge in [-0.25, -0.2) is 4.68 Å². The number of rotatable bonds is 2. The van der Waals surface area contributed by atoms with E-state index < -0.39 is 0 Å². The maximum atomic E-state index is 12.8. The fourth-order valence-electron chi connectivity index (χ4n) is 2.79. The molecule has 1 aliphatic rings. The van der Waals surface area contributed by atoms with Crippen LogP contribution >= 0.6 is 15.9 Å². The Bertz CT molecular complexity index is 697. The smallest absolute Gasteiger partial charge is 0.257 e. The van der Waals surface area contributed by atoms with E-state index in [-0.39, 0.29) is 11.9 Å². The molecule has 0 bridgehead atoms. The third-order valence-electron chi connectivity index (χ3n) is 4.06. The van der Waals surface area contributed by atoms with Crippen LogP contribution < -0.4 is 5.32 Å². The molecule has 1 aliphatic heterocycles. The lowest BCUT2D eigenvalue weighted by Gasteiger charge is -2.33. The van der Waals surface area contributed by atoms with Crippen molar-refractivity contribution >= 4 is 21.8 Å². The Morgan fingerprint density at radius 1 is 1.45 bits per heavy atom. The molecule has 1 N–H and O–H groups in total. The molecule has 2 heterocycles. The van der Waals surface area contributed by atoms with Crippen molar-refractivity contribution in [2.24, 2.45) is 0 Å². The summed E-state index contributed by atoms with van der Waals surface area (Å²) in [5.74, 6) is 0.0627. The summed E-state index contributed by atoms with van der Waals surface area (Å²) >= 11 is 3.47. The normalized spacial score (nSPS) is 18.5. The first-order chi connectivity index (χ1) is 10.6. The zero-order chi connectivity index (χ0) is 15.7. The quantitative estimate of drug-likeness (QED) is 0.892. The second-order valence-electron chi connectivity index (χ2n) is 5.59. The summed E-state index contributed by atoms with van der Waals surface area (Å²) < 4.78 is 2.80. The van der Waals surface area contributed by atoms with Gasteiger partial charge in [-0.15, -0.1) is 0 Å². The molecule has 1 saturated heterocycles. The third-order valence-corrected chi connectivity index (χ3v) is 4.55. The van der Waals surface area contributed by atoms with Gasteiger partial charge < -0.3 is 10.2 Å². The Kier molecular flexibility index (Phi) is 4.31. The molecule has 1 aromatic heterocycles. The first kappa shape index (κ1) is 15.2. The van der Waals surface area contributed by atoms with Crippen molar-refractivity contribution in [2.75, 3.05) is 19.6 Å². The average Bonchev–Trinajstić information content (AvgIpc) is 2.89. The predicted molar refractivity (Wildman–Crippen MR) is 89.4 cm³/mol. The highest BCUT2D eigenvalue weighted by molar-refractivity contribution is 9.10. The van der Waals surface area contributed by atoms with Crippen LogP contribution in [-0.2, 0) is 0 Å². The van der Waals surface area contributed by atoms with Gasteiger partial charge in [-0.3, -0.25) is 4.79 Å². The summed E-state index contributed by atoms with van der Waals surface area (Å²) in [6.07, 6.45) is 1.67. The standard InChI is InChI=1S/C16H19BrN4O/c1-11-9-18-6-7-20(11)16(22)15-10-19-21(12(15)2)14-5-3-4-13(17)8-14/h3-5,8,10-11,18H,6-7,9H2,1-2H3/t11-/m0/s1. The number of nitrogens with zero attached hydrogens (tertiary/aromatic N) is 3. The second kappa shape index (κ2) is 6.22. The molecule has 0 radical (unpaired) electrons. The molecule has 0 saturated carbocycles.